The van der Waals surface area contributed by atoms with Gasteiger partial charge in [-0.3, -0.25) is 9.78 Å². The molecular formula is C20H17F4N3O3S. The van der Waals surface area contributed by atoms with E-state index in [1.165, 1.54) is 12.1 Å². The summed E-state index contributed by atoms with van der Waals surface area (Å²) in [7, 11) is -3.48. The SMILES string of the molecule is O=CC(F)(F)F.O=S1(=O)NCCCc2[nH]c(-c3ccnc(-c4cccc(F)c4)c3)cc21. The number of hydrogen-bond donors (Lipinski definition) is 2. The number of fused-ring (bicyclic) bond motifs is 1. The zero-order valence-corrected chi connectivity index (χ0v) is 16.7. The van der Waals surface area contributed by atoms with Crippen molar-refractivity contribution in [3.8, 4) is 22.5 Å². The highest BCUT2D eigenvalue weighted by Gasteiger charge is 2.25. The number of pyridine rings is 1. The number of H-pyrrole nitrogens is 1. The average Bonchev–Trinajstić information content (AvgIpc) is 3.11. The van der Waals surface area contributed by atoms with E-state index in [1.807, 2.05) is 6.07 Å². The highest BCUT2D eigenvalue weighted by Crippen LogP contribution is 2.29. The Bertz CT molecular complexity index is 1190. The van der Waals surface area contributed by atoms with Crippen molar-refractivity contribution in [2.75, 3.05) is 6.54 Å². The largest absolute Gasteiger partial charge is 0.446 e. The Morgan fingerprint density at radius 2 is 1.81 bits per heavy atom. The maximum atomic E-state index is 13.4. The molecule has 0 unspecified atom stereocenters. The molecule has 1 aliphatic heterocycles. The molecule has 31 heavy (non-hydrogen) atoms. The maximum absolute atomic E-state index is 13.4. The third-order valence-electron chi connectivity index (χ3n) is 4.37. The number of halogens is 4. The molecule has 0 amide bonds. The maximum Gasteiger partial charge on any atom is 0.446 e. The first-order valence-electron chi connectivity index (χ1n) is 9.06. The predicted molar refractivity (Wildman–Crippen MR) is 105 cm³/mol. The molecule has 6 nitrogen and oxygen atoms in total. The van der Waals surface area contributed by atoms with Gasteiger partial charge in [-0.1, -0.05) is 12.1 Å². The van der Waals surface area contributed by atoms with Gasteiger partial charge in [0.05, 0.1) is 5.69 Å². The normalized spacial score (nSPS) is 15.2. The molecule has 1 aliphatic rings. The highest BCUT2D eigenvalue weighted by atomic mass is 32.2. The molecule has 0 saturated carbocycles. The van der Waals surface area contributed by atoms with Crippen molar-refractivity contribution in [2.45, 2.75) is 23.9 Å². The van der Waals surface area contributed by atoms with E-state index >= 15 is 0 Å². The van der Waals surface area contributed by atoms with Gasteiger partial charge in [0.1, 0.15) is 10.7 Å². The number of hydrogen-bond acceptors (Lipinski definition) is 4. The summed E-state index contributed by atoms with van der Waals surface area (Å²) in [4.78, 5) is 16.5. The van der Waals surface area contributed by atoms with Crippen molar-refractivity contribution in [3.63, 3.8) is 0 Å². The molecule has 1 aromatic carbocycles. The Kier molecular flexibility index (Phi) is 6.56. The molecule has 0 spiro atoms. The molecule has 0 aliphatic carbocycles. The van der Waals surface area contributed by atoms with E-state index in [4.69, 9.17) is 4.79 Å². The van der Waals surface area contributed by atoms with E-state index in [9.17, 15) is 26.0 Å². The Morgan fingerprint density at radius 3 is 2.48 bits per heavy atom. The molecule has 0 radical (unpaired) electrons. The number of rotatable bonds is 2. The lowest BCUT2D eigenvalue weighted by Crippen LogP contribution is -2.22. The molecule has 0 atom stereocenters. The van der Waals surface area contributed by atoms with Crippen molar-refractivity contribution in [2.24, 2.45) is 0 Å². The summed E-state index contributed by atoms with van der Waals surface area (Å²) in [6.07, 6.45) is -2.65. The van der Waals surface area contributed by atoms with E-state index in [1.54, 1.807) is 30.5 Å². The fourth-order valence-electron chi connectivity index (χ4n) is 3.01. The smallest absolute Gasteiger partial charge is 0.357 e. The zero-order chi connectivity index (χ0) is 22.6. The lowest BCUT2D eigenvalue weighted by atomic mass is 10.1. The zero-order valence-electron chi connectivity index (χ0n) is 15.9. The number of aromatic amines is 1. The summed E-state index contributed by atoms with van der Waals surface area (Å²) in [5.41, 5.74) is 3.52. The van der Waals surface area contributed by atoms with Crippen LogP contribution in [0.25, 0.3) is 22.5 Å². The van der Waals surface area contributed by atoms with Gasteiger partial charge >= 0.3 is 6.18 Å². The molecule has 0 fully saturated rings. The van der Waals surface area contributed by atoms with Crippen LogP contribution in [0.1, 0.15) is 12.1 Å². The molecule has 2 aromatic heterocycles. The number of nitrogens with zero attached hydrogens (tertiary/aromatic N) is 1. The van der Waals surface area contributed by atoms with Gasteiger partial charge in [-0.2, -0.15) is 13.2 Å². The summed E-state index contributed by atoms with van der Waals surface area (Å²) < 4.78 is 71.8. The van der Waals surface area contributed by atoms with Crippen LogP contribution in [-0.4, -0.2) is 37.4 Å². The van der Waals surface area contributed by atoms with Gasteiger partial charge in [-0.05, 0) is 43.2 Å². The minimum Gasteiger partial charge on any atom is -0.357 e. The van der Waals surface area contributed by atoms with Crippen LogP contribution in [-0.2, 0) is 21.2 Å². The molecule has 3 aromatic rings. The lowest BCUT2D eigenvalue weighted by Gasteiger charge is -2.04. The number of alkyl halides is 3. The number of sulfonamides is 1. The van der Waals surface area contributed by atoms with Crippen molar-refractivity contribution < 1.29 is 30.8 Å². The van der Waals surface area contributed by atoms with Crippen molar-refractivity contribution in [3.05, 3.63) is 60.2 Å². The molecule has 2 N–H and O–H groups in total. The molecular weight excluding hydrogens is 438 g/mol. The van der Waals surface area contributed by atoms with Crippen LogP contribution < -0.4 is 4.72 Å². The number of carbonyl (C=O) groups is 1. The number of aromatic nitrogens is 2. The van der Waals surface area contributed by atoms with Crippen LogP contribution in [0.3, 0.4) is 0 Å². The molecule has 11 heteroatoms. The van der Waals surface area contributed by atoms with Gasteiger partial charge in [-0.15, -0.1) is 0 Å². The molecule has 0 bridgehead atoms. The molecule has 3 heterocycles. The highest BCUT2D eigenvalue weighted by molar-refractivity contribution is 7.89. The second-order valence-electron chi connectivity index (χ2n) is 6.63. The first-order chi connectivity index (χ1) is 14.6. The summed E-state index contributed by atoms with van der Waals surface area (Å²) in [6.45, 7) is 0.444. The molecule has 0 saturated heterocycles. The van der Waals surface area contributed by atoms with Crippen LogP contribution in [0.15, 0.2) is 53.6 Å². The Morgan fingerprint density at radius 1 is 1.06 bits per heavy atom. The average molecular weight is 455 g/mol. The lowest BCUT2D eigenvalue weighted by molar-refractivity contribution is -0.156. The van der Waals surface area contributed by atoms with E-state index in [-0.39, 0.29) is 5.82 Å². The van der Waals surface area contributed by atoms with Crippen LogP contribution in [0.2, 0.25) is 0 Å². The summed E-state index contributed by atoms with van der Waals surface area (Å²) >= 11 is 0. The quantitative estimate of drug-likeness (QED) is 0.454. The number of aldehydes is 1. The van der Waals surface area contributed by atoms with E-state index in [0.29, 0.717) is 40.5 Å². The van der Waals surface area contributed by atoms with E-state index in [2.05, 4.69) is 14.7 Å². The molecule has 4 rings (SSSR count). The summed E-state index contributed by atoms with van der Waals surface area (Å²) in [5, 5.41) is 0. The van der Waals surface area contributed by atoms with Gasteiger partial charge in [0.25, 0.3) is 0 Å². The van der Waals surface area contributed by atoms with Gasteiger partial charge in [0, 0.05) is 35.3 Å². The number of carbonyl (C=O) groups excluding carboxylic acids is 1. The standard InChI is InChI=1S/C18H16FN3O2S.C2HF3O/c19-14-4-1-3-12(9-14)16-10-13(6-8-20-16)17-11-18-15(22-17)5-2-7-21-25(18,23)24;3-2(4,5)1-6/h1,3-4,6,8-11,21-22H,2,5,7H2;1H. The monoisotopic (exact) mass is 455 g/mol. The third-order valence-corrected chi connectivity index (χ3v) is 5.90. The van der Waals surface area contributed by atoms with Crippen LogP contribution in [0.5, 0.6) is 0 Å². The Hall–Kier alpha value is -3.05. The Labute approximate surface area is 175 Å². The fourth-order valence-corrected chi connectivity index (χ4v) is 4.33. The van der Waals surface area contributed by atoms with Gasteiger partial charge in [0.15, 0.2) is 0 Å². The Balaban J connectivity index is 0.000000401. The van der Waals surface area contributed by atoms with Crippen LogP contribution in [0, 0.1) is 5.82 Å². The first-order valence-corrected chi connectivity index (χ1v) is 10.5. The van der Waals surface area contributed by atoms with Crippen LogP contribution in [0.4, 0.5) is 17.6 Å². The van der Waals surface area contributed by atoms with E-state index < -0.39 is 22.5 Å². The topological polar surface area (TPSA) is 91.9 Å². The minimum absolute atomic E-state index is 0.295. The number of aryl methyl sites for hydroxylation is 1. The number of nitrogens with one attached hydrogen (secondary N) is 2. The van der Waals surface area contributed by atoms with Crippen molar-refractivity contribution in [1.29, 1.82) is 0 Å². The van der Waals surface area contributed by atoms with E-state index in [0.717, 1.165) is 12.0 Å². The van der Waals surface area contributed by atoms with Gasteiger partial charge in [-0.25, -0.2) is 17.5 Å². The molecule has 164 valence electrons. The fraction of sp³-hybridized carbons (Fsp3) is 0.200. The second-order valence-corrected chi connectivity index (χ2v) is 8.36. The van der Waals surface area contributed by atoms with Gasteiger partial charge in [0.2, 0.25) is 16.3 Å². The summed E-state index contributed by atoms with van der Waals surface area (Å²) in [6, 6.07) is 11.5. The number of benzene rings is 1. The summed E-state index contributed by atoms with van der Waals surface area (Å²) in [5.74, 6) is -0.326. The second kappa shape index (κ2) is 8.98. The first kappa shape index (κ1) is 22.6. The van der Waals surface area contributed by atoms with Gasteiger partial charge < -0.3 is 4.98 Å². The third kappa shape index (κ3) is 5.76. The minimum atomic E-state index is -4.64. The van der Waals surface area contributed by atoms with Crippen LogP contribution >= 0.6 is 0 Å². The predicted octanol–water partition coefficient (Wildman–Crippen LogP) is 3.85. The van der Waals surface area contributed by atoms with Crippen molar-refractivity contribution in [1.82, 2.24) is 14.7 Å². The van der Waals surface area contributed by atoms with Crippen molar-refractivity contribution >= 4 is 16.3 Å².